The third kappa shape index (κ3) is 3.91. The number of rotatable bonds is 5. The summed E-state index contributed by atoms with van der Waals surface area (Å²) in [5.74, 6) is 0. The molecule has 1 aliphatic rings. The zero-order valence-corrected chi connectivity index (χ0v) is 12.4. The molecule has 1 aromatic carbocycles. The first kappa shape index (κ1) is 14.3. The Morgan fingerprint density at radius 3 is 2.90 bits per heavy atom. The number of benzene rings is 1. The summed E-state index contributed by atoms with van der Waals surface area (Å²) >= 11 is 0. The van der Waals surface area contributed by atoms with Gasteiger partial charge in [0.25, 0.3) is 0 Å². The Labute approximate surface area is 125 Å². The van der Waals surface area contributed by atoms with Crippen LogP contribution in [0.4, 0.5) is 0 Å². The number of ether oxygens (including phenoxy) is 1. The molecule has 3 rings (SSSR count). The van der Waals surface area contributed by atoms with Crippen molar-refractivity contribution in [3.63, 3.8) is 0 Å². The standard InChI is InChI=1S/C16H22N4O/c1-19-8-9-21-16(12-19)11-18-10-14-2-4-15(5-3-14)20-7-6-17-13-20/h2-7,13,16,18H,8-12H2,1H3/t16-/m1/s1. The lowest BCUT2D eigenvalue weighted by Crippen LogP contribution is -2.44. The van der Waals surface area contributed by atoms with Crippen LogP contribution >= 0.6 is 0 Å². The van der Waals surface area contributed by atoms with Gasteiger partial charge in [-0.3, -0.25) is 0 Å². The normalized spacial score (nSPS) is 19.8. The van der Waals surface area contributed by atoms with Crippen LogP contribution < -0.4 is 5.32 Å². The third-order valence-electron chi connectivity index (χ3n) is 3.78. The first-order chi connectivity index (χ1) is 10.3. The van der Waals surface area contributed by atoms with Crippen LogP contribution in [0.2, 0.25) is 0 Å². The number of aromatic nitrogens is 2. The van der Waals surface area contributed by atoms with E-state index in [0.29, 0.717) is 6.10 Å². The van der Waals surface area contributed by atoms with E-state index in [1.54, 1.807) is 6.20 Å². The van der Waals surface area contributed by atoms with E-state index >= 15 is 0 Å². The monoisotopic (exact) mass is 286 g/mol. The summed E-state index contributed by atoms with van der Waals surface area (Å²) in [4.78, 5) is 6.38. The van der Waals surface area contributed by atoms with Gasteiger partial charge in [-0.15, -0.1) is 0 Å². The summed E-state index contributed by atoms with van der Waals surface area (Å²) in [5.41, 5.74) is 2.41. The summed E-state index contributed by atoms with van der Waals surface area (Å²) in [6.45, 7) is 4.64. The summed E-state index contributed by atoms with van der Waals surface area (Å²) in [5, 5.41) is 3.48. The van der Waals surface area contributed by atoms with Crippen LogP contribution in [-0.2, 0) is 11.3 Å². The van der Waals surface area contributed by atoms with E-state index in [0.717, 1.165) is 38.5 Å². The van der Waals surface area contributed by atoms with Crippen molar-refractivity contribution in [2.45, 2.75) is 12.6 Å². The number of nitrogens with zero attached hydrogens (tertiary/aromatic N) is 3. The molecule has 5 nitrogen and oxygen atoms in total. The van der Waals surface area contributed by atoms with Crippen LogP contribution in [0.25, 0.3) is 5.69 Å². The molecule has 2 heterocycles. The average Bonchev–Trinajstić information content (AvgIpc) is 3.02. The van der Waals surface area contributed by atoms with Crippen molar-refractivity contribution in [2.24, 2.45) is 0 Å². The van der Waals surface area contributed by atoms with Gasteiger partial charge in [-0.25, -0.2) is 4.98 Å². The molecule has 2 aromatic rings. The second kappa shape index (κ2) is 6.85. The Morgan fingerprint density at radius 1 is 1.33 bits per heavy atom. The van der Waals surface area contributed by atoms with Crippen LogP contribution in [0.5, 0.6) is 0 Å². The Bertz CT molecular complexity index is 538. The second-order valence-electron chi connectivity index (χ2n) is 5.52. The highest BCUT2D eigenvalue weighted by Gasteiger charge is 2.16. The number of likely N-dealkylation sites (N-methyl/N-ethyl adjacent to an activating group) is 1. The fraction of sp³-hybridized carbons (Fsp3) is 0.438. The van der Waals surface area contributed by atoms with E-state index in [4.69, 9.17) is 4.74 Å². The summed E-state index contributed by atoms with van der Waals surface area (Å²) < 4.78 is 7.74. The van der Waals surface area contributed by atoms with Gasteiger partial charge in [-0.1, -0.05) is 12.1 Å². The molecule has 0 amide bonds. The van der Waals surface area contributed by atoms with Gasteiger partial charge in [0.15, 0.2) is 0 Å². The Hall–Kier alpha value is -1.69. The van der Waals surface area contributed by atoms with Gasteiger partial charge < -0.3 is 19.5 Å². The molecule has 0 unspecified atom stereocenters. The highest BCUT2D eigenvalue weighted by molar-refractivity contribution is 5.34. The van der Waals surface area contributed by atoms with E-state index in [1.807, 2.05) is 17.1 Å². The maximum absolute atomic E-state index is 5.74. The van der Waals surface area contributed by atoms with E-state index in [9.17, 15) is 0 Å². The number of hydrogen-bond donors (Lipinski definition) is 1. The molecule has 0 bridgehead atoms. The predicted molar refractivity (Wildman–Crippen MR) is 82.5 cm³/mol. The van der Waals surface area contributed by atoms with Crippen molar-refractivity contribution >= 4 is 0 Å². The number of nitrogens with one attached hydrogen (secondary N) is 1. The SMILES string of the molecule is CN1CCO[C@H](CNCc2ccc(-n3ccnc3)cc2)C1. The first-order valence-corrected chi connectivity index (χ1v) is 7.39. The van der Waals surface area contributed by atoms with Gasteiger partial charge in [0.2, 0.25) is 0 Å². The summed E-state index contributed by atoms with van der Waals surface area (Å²) in [6.07, 6.45) is 5.85. The molecule has 0 spiro atoms. The Morgan fingerprint density at radius 2 is 2.19 bits per heavy atom. The minimum atomic E-state index is 0.300. The van der Waals surface area contributed by atoms with Crippen LogP contribution in [0.15, 0.2) is 43.0 Å². The van der Waals surface area contributed by atoms with Crippen molar-refractivity contribution in [1.82, 2.24) is 19.8 Å². The predicted octanol–water partition coefficient (Wildman–Crippen LogP) is 1.29. The molecule has 0 radical (unpaired) electrons. The molecule has 0 saturated carbocycles. The van der Waals surface area contributed by atoms with E-state index in [-0.39, 0.29) is 0 Å². The number of imidazole rings is 1. The molecule has 1 atom stereocenters. The van der Waals surface area contributed by atoms with E-state index in [1.165, 1.54) is 5.56 Å². The molecular formula is C16H22N4O. The maximum Gasteiger partial charge on any atom is 0.0991 e. The largest absolute Gasteiger partial charge is 0.374 e. The molecule has 1 saturated heterocycles. The van der Waals surface area contributed by atoms with E-state index in [2.05, 4.69) is 46.5 Å². The fourth-order valence-electron chi connectivity index (χ4n) is 2.57. The minimum Gasteiger partial charge on any atom is -0.374 e. The summed E-state index contributed by atoms with van der Waals surface area (Å²) in [6, 6.07) is 8.53. The second-order valence-corrected chi connectivity index (χ2v) is 5.52. The fourth-order valence-corrected chi connectivity index (χ4v) is 2.57. The topological polar surface area (TPSA) is 42.3 Å². The van der Waals surface area contributed by atoms with Crippen molar-refractivity contribution in [3.05, 3.63) is 48.5 Å². The minimum absolute atomic E-state index is 0.300. The lowest BCUT2D eigenvalue weighted by Gasteiger charge is -2.30. The smallest absolute Gasteiger partial charge is 0.0991 e. The van der Waals surface area contributed by atoms with Gasteiger partial charge in [-0.05, 0) is 24.7 Å². The molecule has 1 fully saturated rings. The molecule has 0 aliphatic carbocycles. The lowest BCUT2D eigenvalue weighted by atomic mass is 10.2. The van der Waals surface area contributed by atoms with Gasteiger partial charge >= 0.3 is 0 Å². The van der Waals surface area contributed by atoms with Gasteiger partial charge in [-0.2, -0.15) is 0 Å². The average molecular weight is 286 g/mol. The molecular weight excluding hydrogens is 264 g/mol. The maximum atomic E-state index is 5.74. The Balaban J connectivity index is 1.47. The zero-order valence-electron chi connectivity index (χ0n) is 12.4. The quantitative estimate of drug-likeness (QED) is 0.899. The molecule has 1 N–H and O–H groups in total. The van der Waals surface area contributed by atoms with Gasteiger partial charge in [0, 0.05) is 44.3 Å². The van der Waals surface area contributed by atoms with Crippen LogP contribution in [0, 0.1) is 0 Å². The lowest BCUT2D eigenvalue weighted by molar-refractivity contribution is -0.0182. The molecule has 1 aromatic heterocycles. The Kier molecular flexibility index (Phi) is 4.65. The molecule has 5 heteroatoms. The van der Waals surface area contributed by atoms with Crippen molar-refractivity contribution in [2.75, 3.05) is 33.3 Å². The van der Waals surface area contributed by atoms with Crippen LogP contribution in [0.3, 0.4) is 0 Å². The van der Waals surface area contributed by atoms with Crippen molar-refractivity contribution in [1.29, 1.82) is 0 Å². The molecule has 1 aliphatic heterocycles. The van der Waals surface area contributed by atoms with Crippen LogP contribution in [-0.4, -0.2) is 53.8 Å². The van der Waals surface area contributed by atoms with E-state index < -0.39 is 0 Å². The van der Waals surface area contributed by atoms with Crippen LogP contribution in [0.1, 0.15) is 5.56 Å². The molecule has 21 heavy (non-hydrogen) atoms. The highest BCUT2D eigenvalue weighted by atomic mass is 16.5. The van der Waals surface area contributed by atoms with Crippen molar-refractivity contribution in [3.8, 4) is 5.69 Å². The van der Waals surface area contributed by atoms with Gasteiger partial charge in [0.1, 0.15) is 0 Å². The summed E-state index contributed by atoms with van der Waals surface area (Å²) in [7, 11) is 2.14. The van der Waals surface area contributed by atoms with Crippen molar-refractivity contribution < 1.29 is 4.74 Å². The first-order valence-electron chi connectivity index (χ1n) is 7.39. The zero-order chi connectivity index (χ0) is 14.5. The third-order valence-corrected chi connectivity index (χ3v) is 3.78. The number of morpholine rings is 1. The molecule has 112 valence electrons. The number of hydrogen-bond acceptors (Lipinski definition) is 4. The van der Waals surface area contributed by atoms with Gasteiger partial charge in [0.05, 0.1) is 19.0 Å². The highest BCUT2D eigenvalue weighted by Crippen LogP contribution is 2.09.